The lowest BCUT2D eigenvalue weighted by atomic mass is 9.99. The van der Waals surface area contributed by atoms with Gasteiger partial charge in [0.15, 0.2) is 0 Å². The van der Waals surface area contributed by atoms with E-state index in [0.29, 0.717) is 24.6 Å². The van der Waals surface area contributed by atoms with Gasteiger partial charge in [-0.1, -0.05) is 48.5 Å². The van der Waals surface area contributed by atoms with Crippen molar-refractivity contribution in [1.29, 1.82) is 0 Å². The molecule has 2 aromatic carbocycles. The van der Waals surface area contributed by atoms with Gasteiger partial charge in [-0.3, -0.25) is 4.79 Å². The molecule has 22 heavy (non-hydrogen) atoms. The van der Waals surface area contributed by atoms with Crippen molar-refractivity contribution >= 4 is 23.1 Å². The fourth-order valence-corrected chi connectivity index (χ4v) is 2.81. The van der Waals surface area contributed by atoms with Gasteiger partial charge >= 0.3 is 0 Å². The van der Waals surface area contributed by atoms with Crippen LogP contribution in [0.2, 0.25) is 0 Å². The molecule has 4 nitrogen and oxygen atoms in total. The summed E-state index contributed by atoms with van der Waals surface area (Å²) in [6.07, 6.45) is 0. The van der Waals surface area contributed by atoms with E-state index in [1.807, 2.05) is 54.6 Å². The number of benzene rings is 2. The monoisotopic (exact) mass is 290 g/mol. The largest absolute Gasteiger partial charge is 0.475 e. The third-order valence-corrected chi connectivity index (χ3v) is 3.79. The summed E-state index contributed by atoms with van der Waals surface area (Å²) in [4.78, 5) is 16.6. The Labute approximate surface area is 128 Å². The summed E-state index contributed by atoms with van der Waals surface area (Å²) in [6.45, 7) is 1.23. The van der Waals surface area contributed by atoms with Crippen molar-refractivity contribution < 1.29 is 9.53 Å². The van der Waals surface area contributed by atoms with E-state index in [1.54, 1.807) is 0 Å². The molecular formula is C18H14N2O2. The number of carbonyl (C=O) groups is 1. The van der Waals surface area contributed by atoms with E-state index in [2.05, 4.69) is 10.3 Å². The Morgan fingerprint density at radius 3 is 2.45 bits per heavy atom. The van der Waals surface area contributed by atoms with E-state index in [1.165, 1.54) is 0 Å². The molecule has 2 aliphatic heterocycles. The highest BCUT2D eigenvalue weighted by molar-refractivity contribution is 6.30. The molecule has 4 heteroatoms. The van der Waals surface area contributed by atoms with E-state index in [4.69, 9.17) is 4.74 Å². The molecule has 0 aromatic heterocycles. The highest BCUT2D eigenvalue weighted by atomic mass is 16.5. The second kappa shape index (κ2) is 5.15. The number of carbonyl (C=O) groups excluding carboxylic acids is 1. The van der Waals surface area contributed by atoms with Gasteiger partial charge in [-0.15, -0.1) is 0 Å². The van der Waals surface area contributed by atoms with Crippen LogP contribution < -0.4 is 5.32 Å². The fourth-order valence-electron chi connectivity index (χ4n) is 2.81. The molecule has 2 aromatic rings. The maximum absolute atomic E-state index is 12.2. The molecule has 0 fully saturated rings. The molecule has 4 rings (SSSR count). The average Bonchev–Trinajstić information content (AvgIpc) is 3.19. The van der Waals surface area contributed by atoms with Crippen molar-refractivity contribution in [3.63, 3.8) is 0 Å². The molecule has 0 saturated heterocycles. The first-order valence-corrected chi connectivity index (χ1v) is 7.22. The summed E-state index contributed by atoms with van der Waals surface area (Å²) < 4.78 is 5.67. The smallest absolute Gasteiger partial charge is 0.256 e. The normalized spacial score (nSPS) is 18.4. The maximum atomic E-state index is 12.2. The molecule has 1 N–H and O–H groups in total. The van der Waals surface area contributed by atoms with Crippen molar-refractivity contribution in [3.8, 4) is 0 Å². The molecule has 0 unspecified atom stereocenters. The van der Waals surface area contributed by atoms with Gasteiger partial charge in [0.1, 0.15) is 6.61 Å². The highest BCUT2D eigenvalue weighted by Crippen LogP contribution is 2.33. The number of rotatable bonds is 2. The molecular weight excluding hydrogens is 276 g/mol. The minimum Gasteiger partial charge on any atom is -0.475 e. The van der Waals surface area contributed by atoms with Crippen LogP contribution in [0.1, 0.15) is 21.5 Å². The minimum atomic E-state index is -0.0855. The first kappa shape index (κ1) is 12.8. The van der Waals surface area contributed by atoms with Crippen LogP contribution in [0.3, 0.4) is 0 Å². The summed E-state index contributed by atoms with van der Waals surface area (Å²) in [7, 11) is 0. The number of aliphatic imine (C=N–C) groups is 1. The van der Waals surface area contributed by atoms with Gasteiger partial charge in [-0.2, -0.15) is 0 Å². The van der Waals surface area contributed by atoms with Crippen LogP contribution in [0.15, 0.2) is 59.6 Å². The van der Waals surface area contributed by atoms with E-state index < -0.39 is 0 Å². The van der Waals surface area contributed by atoms with Crippen molar-refractivity contribution in [2.24, 2.45) is 4.99 Å². The Hall–Kier alpha value is -2.88. The zero-order valence-corrected chi connectivity index (χ0v) is 11.9. The van der Waals surface area contributed by atoms with Crippen LogP contribution in [-0.4, -0.2) is 25.0 Å². The van der Waals surface area contributed by atoms with Crippen molar-refractivity contribution in [2.75, 3.05) is 13.2 Å². The van der Waals surface area contributed by atoms with Gasteiger partial charge in [-0.25, -0.2) is 4.99 Å². The summed E-state index contributed by atoms with van der Waals surface area (Å²) in [5.74, 6) is 0.510. The summed E-state index contributed by atoms with van der Waals surface area (Å²) in [5, 5.41) is 2.97. The molecule has 108 valence electrons. The number of amides is 1. The van der Waals surface area contributed by atoms with E-state index in [0.717, 1.165) is 22.4 Å². The number of hydrogen-bond acceptors (Lipinski definition) is 3. The first-order valence-electron chi connectivity index (χ1n) is 7.22. The number of fused-ring (bicyclic) bond motifs is 1. The average molecular weight is 290 g/mol. The van der Waals surface area contributed by atoms with E-state index >= 15 is 0 Å². The molecule has 1 amide bonds. The molecule has 0 aliphatic carbocycles. The third-order valence-electron chi connectivity index (χ3n) is 3.79. The van der Waals surface area contributed by atoms with Gasteiger partial charge in [0.05, 0.1) is 17.8 Å². The van der Waals surface area contributed by atoms with Gasteiger partial charge in [0.2, 0.25) is 5.90 Å². The quantitative estimate of drug-likeness (QED) is 0.924. The Bertz CT molecular complexity index is 807. The Kier molecular flexibility index (Phi) is 3.00. The van der Waals surface area contributed by atoms with E-state index in [9.17, 15) is 4.79 Å². The predicted octanol–water partition coefficient (Wildman–Crippen LogP) is 2.73. The Balaban J connectivity index is 1.97. The van der Waals surface area contributed by atoms with Crippen molar-refractivity contribution in [3.05, 3.63) is 71.3 Å². The highest BCUT2D eigenvalue weighted by Gasteiger charge is 2.29. The van der Waals surface area contributed by atoms with Crippen molar-refractivity contribution in [2.45, 2.75) is 0 Å². The second-order valence-electron chi connectivity index (χ2n) is 5.15. The second-order valence-corrected chi connectivity index (χ2v) is 5.15. The zero-order valence-electron chi connectivity index (χ0n) is 11.9. The lowest BCUT2D eigenvalue weighted by Crippen LogP contribution is -2.16. The fraction of sp³-hybridized carbons (Fsp3) is 0.111. The molecule has 0 atom stereocenters. The van der Waals surface area contributed by atoms with Crippen LogP contribution in [0.4, 0.5) is 0 Å². The van der Waals surface area contributed by atoms with Gasteiger partial charge in [0.25, 0.3) is 5.91 Å². The Morgan fingerprint density at radius 1 is 1.00 bits per heavy atom. The van der Waals surface area contributed by atoms with Gasteiger partial charge in [-0.05, 0) is 11.6 Å². The molecule has 0 bridgehead atoms. The maximum Gasteiger partial charge on any atom is 0.256 e. The van der Waals surface area contributed by atoms with Crippen LogP contribution in [-0.2, 0) is 4.74 Å². The summed E-state index contributed by atoms with van der Waals surface area (Å²) in [6, 6.07) is 17.5. The van der Waals surface area contributed by atoms with Crippen LogP contribution >= 0.6 is 0 Å². The number of hydrogen-bond donors (Lipinski definition) is 1. The van der Waals surface area contributed by atoms with Gasteiger partial charge < -0.3 is 10.1 Å². The van der Waals surface area contributed by atoms with Gasteiger partial charge in [0, 0.05) is 11.1 Å². The topological polar surface area (TPSA) is 50.7 Å². The lowest BCUT2D eigenvalue weighted by molar-refractivity contribution is 0.0981. The molecule has 2 heterocycles. The third kappa shape index (κ3) is 2.00. The summed E-state index contributed by atoms with van der Waals surface area (Å²) >= 11 is 0. The summed E-state index contributed by atoms with van der Waals surface area (Å²) in [5.41, 5.74) is 4.17. The zero-order chi connectivity index (χ0) is 14.9. The standard InChI is InChI=1S/C18H14N2O2/c21-17-14-9-5-4-8-13(14)16(20-17)15(18-19-10-11-22-18)12-6-2-1-3-7-12/h1-9H,10-11H2,(H,20,21)/b16-15-. The molecule has 2 aliphatic rings. The lowest BCUT2D eigenvalue weighted by Gasteiger charge is -2.12. The van der Waals surface area contributed by atoms with E-state index in [-0.39, 0.29) is 5.91 Å². The van der Waals surface area contributed by atoms with Crippen LogP contribution in [0.25, 0.3) is 11.3 Å². The SMILES string of the molecule is O=C1N/C(=C(\C2=NCCO2)c2ccccc2)c2ccccc21. The number of ether oxygens (including phenoxy) is 1. The van der Waals surface area contributed by atoms with Crippen molar-refractivity contribution in [1.82, 2.24) is 5.32 Å². The minimum absolute atomic E-state index is 0.0855. The molecule has 0 radical (unpaired) electrons. The Morgan fingerprint density at radius 2 is 1.73 bits per heavy atom. The first-order chi connectivity index (χ1) is 10.8. The predicted molar refractivity (Wildman–Crippen MR) is 85.4 cm³/mol. The number of nitrogens with zero attached hydrogens (tertiary/aromatic N) is 1. The van der Waals surface area contributed by atoms with Crippen LogP contribution in [0.5, 0.6) is 0 Å². The van der Waals surface area contributed by atoms with Crippen LogP contribution in [0, 0.1) is 0 Å². The molecule has 0 spiro atoms. The molecule has 0 saturated carbocycles. The number of nitrogens with one attached hydrogen (secondary N) is 1.